The second-order valence-corrected chi connectivity index (χ2v) is 7.21. The zero-order valence-corrected chi connectivity index (χ0v) is 14.5. The van der Waals surface area contributed by atoms with Gasteiger partial charge in [0.1, 0.15) is 5.82 Å². The summed E-state index contributed by atoms with van der Waals surface area (Å²) in [6.45, 7) is 4.40. The molecule has 22 heavy (non-hydrogen) atoms. The highest BCUT2D eigenvalue weighted by molar-refractivity contribution is 9.10. The Morgan fingerprint density at radius 2 is 2.00 bits per heavy atom. The molecule has 0 amide bonds. The van der Waals surface area contributed by atoms with Crippen LogP contribution in [0.3, 0.4) is 0 Å². The summed E-state index contributed by atoms with van der Waals surface area (Å²) in [7, 11) is 0. The number of imidazole rings is 1. The predicted molar refractivity (Wildman–Crippen MR) is 94.4 cm³/mol. The molecule has 1 aliphatic rings. The lowest BCUT2D eigenvalue weighted by molar-refractivity contribution is 0.459. The maximum Gasteiger partial charge on any atom is 0.110 e. The van der Waals surface area contributed by atoms with Crippen molar-refractivity contribution in [3.63, 3.8) is 0 Å². The van der Waals surface area contributed by atoms with E-state index in [9.17, 15) is 0 Å². The van der Waals surface area contributed by atoms with E-state index in [0.29, 0.717) is 6.04 Å². The third-order valence-corrected chi connectivity index (χ3v) is 5.20. The minimum Gasteiger partial charge on any atom is -0.320 e. The Balaban J connectivity index is 1.96. The summed E-state index contributed by atoms with van der Waals surface area (Å²) in [6.07, 6.45) is 3.48. The Bertz CT molecular complexity index is 863. The zero-order chi connectivity index (χ0) is 15.3. The van der Waals surface area contributed by atoms with Crippen LogP contribution in [0.5, 0.6) is 0 Å². The molecule has 3 heteroatoms. The van der Waals surface area contributed by atoms with Crippen molar-refractivity contribution in [2.24, 2.45) is 0 Å². The molecular weight excluding hydrogens is 336 g/mol. The Morgan fingerprint density at radius 1 is 1.14 bits per heavy atom. The maximum absolute atomic E-state index is 4.86. The first-order chi connectivity index (χ1) is 10.6. The third-order valence-electron chi connectivity index (χ3n) is 4.71. The van der Waals surface area contributed by atoms with Crippen LogP contribution in [0.25, 0.3) is 11.0 Å². The highest BCUT2D eigenvalue weighted by Gasteiger charge is 2.25. The number of hydrogen-bond donors (Lipinski definition) is 0. The zero-order valence-electron chi connectivity index (χ0n) is 12.9. The summed E-state index contributed by atoms with van der Waals surface area (Å²) in [4.78, 5) is 4.86. The van der Waals surface area contributed by atoms with E-state index in [-0.39, 0.29) is 0 Å². The van der Waals surface area contributed by atoms with Crippen LogP contribution in [0.15, 0.2) is 40.9 Å². The lowest BCUT2D eigenvalue weighted by atomic mass is 9.92. The van der Waals surface area contributed by atoms with Crippen molar-refractivity contribution in [2.75, 3.05) is 0 Å². The molecule has 1 aromatic heterocycles. The van der Waals surface area contributed by atoms with Crippen molar-refractivity contribution < 1.29 is 0 Å². The molecule has 1 aliphatic heterocycles. The van der Waals surface area contributed by atoms with E-state index in [4.69, 9.17) is 4.98 Å². The van der Waals surface area contributed by atoms with Gasteiger partial charge in [0, 0.05) is 10.9 Å². The second-order valence-electron chi connectivity index (χ2n) is 6.30. The molecule has 0 saturated carbocycles. The van der Waals surface area contributed by atoms with Crippen LogP contribution in [0.2, 0.25) is 0 Å². The van der Waals surface area contributed by atoms with Gasteiger partial charge in [-0.05, 0) is 56.0 Å². The van der Waals surface area contributed by atoms with E-state index in [1.54, 1.807) is 0 Å². The average molecular weight is 355 g/mol. The van der Waals surface area contributed by atoms with Gasteiger partial charge in [-0.1, -0.05) is 39.7 Å². The first kappa shape index (κ1) is 14.0. The number of nitrogens with zero attached hydrogens (tertiary/aromatic N) is 2. The minimum atomic E-state index is 0.406. The van der Waals surface area contributed by atoms with Crippen LogP contribution in [-0.2, 0) is 6.42 Å². The molecule has 112 valence electrons. The minimum absolute atomic E-state index is 0.406. The standard InChI is InChI=1S/C19H19BrN2/c1-12-6-7-13(2)15(10-12)17-4-3-5-19-21-16-9-8-14(20)11-18(16)22(17)19/h6-11,17H,3-5H2,1-2H3. The van der Waals surface area contributed by atoms with Gasteiger partial charge >= 0.3 is 0 Å². The molecule has 0 aliphatic carbocycles. The fraction of sp³-hybridized carbons (Fsp3) is 0.316. The molecule has 0 N–H and O–H groups in total. The fourth-order valence-corrected chi connectivity index (χ4v) is 3.99. The summed E-state index contributed by atoms with van der Waals surface area (Å²) in [5, 5.41) is 0. The molecular formula is C19H19BrN2. The van der Waals surface area contributed by atoms with Gasteiger partial charge in [-0.15, -0.1) is 0 Å². The van der Waals surface area contributed by atoms with Crippen molar-refractivity contribution in [3.05, 3.63) is 63.4 Å². The largest absolute Gasteiger partial charge is 0.320 e. The number of fused-ring (bicyclic) bond motifs is 3. The molecule has 0 spiro atoms. The number of hydrogen-bond acceptors (Lipinski definition) is 1. The van der Waals surface area contributed by atoms with E-state index >= 15 is 0 Å². The SMILES string of the molecule is Cc1ccc(C)c(C2CCCc3nc4ccc(Br)cc4n32)c1. The molecule has 0 radical (unpaired) electrons. The van der Waals surface area contributed by atoms with E-state index < -0.39 is 0 Å². The highest BCUT2D eigenvalue weighted by Crippen LogP contribution is 2.36. The van der Waals surface area contributed by atoms with Gasteiger partial charge in [-0.2, -0.15) is 0 Å². The molecule has 4 rings (SSSR count). The first-order valence-corrected chi connectivity index (χ1v) is 8.66. The number of aromatic nitrogens is 2. The lowest BCUT2D eigenvalue weighted by Crippen LogP contribution is -2.19. The molecule has 0 bridgehead atoms. The summed E-state index contributed by atoms with van der Waals surface area (Å²) < 4.78 is 3.58. The summed E-state index contributed by atoms with van der Waals surface area (Å²) in [6, 6.07) is 13.6. The lowest BCUT2D eigenvalue weighted by Gasteiger charge is -2.28. The van der Waals surface area contributed by atoms with Crippen molar-refractivity contribution in [3.8, 4) is 0 Å². The molecule has 1 atom stereocenters. The highest BCUT2D eigenvalue weighted by atomic mass is 79.9. The van der Waals surface area contributed by atoms with Crippen LogP contribution < -0.4 is 0 Å². The molecule has 0 saturated heterocycles. The van der Waals surface area contributed by atoms with E-state index in [0.717, 1.165) is 16.4 Å². The third kappa shape index (κ3) is 2.19. The Labute approximate surface area is 139 Å². The first-order valence-electron chi connectivity index (χ1n) is 7.87. The molecule has 0 fully saturated rings. The Kier molecular flexibility index (Phi) is 3.33. The fourth-order valence-electron chi connectivity index (χ4n) is 3.64. The molecule has 1 unspecified atom stereocenters. The van der Waals surface area contributed by atoms with Crippen molar-refractivity contribution >= 4 is 27.0 Å². The summed E-state index contributed by atoms with van der Waals surface area (Å²) in [5.41, 5.74) is 6.50. The Hall–Kier alpha value is -1.61. The monoisotopic (exact) mass is 354 g/mol. The van der Waals surface area contributed by atoms with Crippen LogP contribution >= 0.6 is 15.9 Å². The quantitative estimate of drug-likeness (QED) is 0.576. The van der Waals surface area contributed by atoms with Gasteiger partial charge in [0.15, 0.2) is 0 Å². The van der Waals surface area contributed by atoms with Crippen LogP contribution in [0.4, 0.5) is 0 Å². The van der Waals surface area contributed by atoms with Gasteiger partial charge in [0.25, 0.3) is 0 Å². The van der Waals surface area contributed by atoms with Crippen molar-refractivity contribution in [2.45, 2.75) is 39.2 Å². The van der Waals surface area contributed by atoms with E-state index in [1.807, 2.05) is 0 Å². The van der Waals surface area contributed by atoms with Crippen molar-refractivity contribution in [1.29, 1.82) is 0 Å². The van der Waals surface area contributed by atoms with Gasteiger partial charge in [0.2, 0.25) is 0 Å². The number of aryl methyl sites for hydroxylation is 3. The van der Waals surface area contributed by atoms with Crippen LogP contribution in [0.1, 0.15) is 41.4 Å². The number of rotatable bonds is 1. The number of halogens is 1. The summed E-state index contributed by atoms with van der Waals surface area (Å²) in [5.74, 6) is 1.23. The van der Waals surface area contributed by atoms with Gasteiger partial charge in [-0.3, -0.25) is 0 Å². The summed E-state index contributed by atoms with van der Waals surface area (Å²) >= 11 is 3.61. The predicted octanol–water partition coefficient (Wildman–Crippen LogP) is 5.34. The average Bonchev–Trinajstić information content (AvgIpc) is 2.87. The molecule has 2 nitrogen and oxygen atoms in total. The van der Waals surface area contributed by atoms with E-state index in [2.05, 4.69) is 70.7 Å². The number of benzene rings is 2. The topological polar surface area (TPSA) is 17.8 Å². The van der Waals surface area contributed by atoms with Gasteiger partial charge in [0.05, 0.1) is 17.1 Å². The van der Waals surface area contributed by atoms with E-state index in [1.165, 1.54) is 40.9 Å². The normalized spacial score (nSPS) is 17.7. The molecule has 2 heterocycles. The van der Waals surface area contributed by atoms with Gasteiger partial charge < -0.3 is 4.57 Å². The molecule has 2 aromatic carbocycles. The Morgan fingerprint density at radius 3 is 2.86 bits per heavy atom. The van der Waals surface area contributed by atoms with Crippen LogP contribution in [-0.4, -0.2) is 9.55 Å². The maximum atomic E-state index is 4.86. The second kappa shape index (κ2) is 5.24. The smallest absolute Gasteiger partial charge is 0.110 e. The van der Waals surface area contributed by atoms with Gasteiger partial charge in [-0.25, -0.2) is 4.98 Å². The van der Waals surface area contributed by atoms with Crippen LogP contribution in [0, 0.1) is 13.8 Å². The molecule has 3 aromatic rings. The van der Waals surface area contributed by atoms with Crippen molar-refractivity contribution in [1.82, 2.24) is 9.55 Å².